The number of benzene rings is 1. The molecule has 2 aromatic rings. The van der Waals surface area contributed by atoms with Gasteiger partial charge in [-0.25, -0.2) is 0 Å². The number of halogens is 2. The van der Waals surface area contributed by atoms with E-state index in [0.717, 1.165) is 10.6 Å². The molecule has 0 saturated heterocycles. The third-order valence-electron chi connectivity index (χ3n) is 1.80. The van der Waals surface area contributed by atoms with E-state index in [4.69, 9.17) is 17.3 Å². The van der Waals surface area contributed by atoms with Gasteiger partial charge in [-0.1, -0.05) is 0 Å². The first kappa shape index (κ1) is 9.55. The topological polar surface area (TPSA) is 26.0 Å². The van der Waals surface area contributed by atoms with Crippen LogP contribution in [0.1, 0.15) is 5.56 Å². The molecule has 0 unspecified atom stereocenters. The predicted octanol–water partition coefficient (Wildman–Crippen LogP) is 3.83. The van der Waals surface area contributed by atoms with E-state index in [1.54, 1.807) is 11.3 Å². The molecule has 4 heteroatoms. The van der Waals surface area contributed by atoms with Gasteiger partial charge in [0.25, 0.3) is 0 Å². The van der Waals surface area contributed by atoms with E-state index in [1.807, 2.05) is 6.07 Å². The Labute approximate surface area is 99.0 Å². The first-order valence-electron chi connectivity index (χ1n) is 3.74. The van der Waals surface area contributed by atoms with Gasteiger partial charge < -0.3 is 5.73 Å². The van der Waals surface area contributed by atoms with Crippen LogP contribution in [0.5, 0.6) is 0 Å². The molecule has 0 aliphatic heterocycles. The number of alkyl halides is 1. The Kier molecular flexibility index (Phi) is 2.67. The van der Waals surface area contributed by atoms with Gasteiger partial charge in [0.1, 0.15) is 0 Å². The molecular weight excluding hydrogens is 317 g/mol. The van der Waals surface area contributed by atoms with Crippen molar-refractivity contribution in [3.8, 4) is 0 Å². The van der Waals surface area contributed by atoms with Gasteiger partial charge in [-0.2, -0.15) is 0 Å². The summed E-state index contributed by atoms with van der Waals surface area (Å²) in [6.07, 6.45) is 0. The normalized spacial score (nSPS) is 10.9. The van der Waals surface area contributed by atoms with Gasteiger partial charge in [-0.05, 0) is 51.7 Å². The molecule has 0 aliphatic carbocycles. The van der Waals surface area contributed by atoms with E-state index in [9.17, 15) is 0 Å². The van der Waals surface area contributed by atoms with Crippen LogP contribution in [0.2, 0.25) is 0 Å². The number of anilines is 1. The predicted molar refractivity (Wildman–Crippen MR) is 68.5 cm³/mol. The minimum absolute atomic E-state index is 0.557. The number of nitrogens with two attached hydrogens (primary N) is 1. The summed E-state index contributed by atoms with van der Waals surface area (Å²) in [5.41, 5.74) is 6.88. The summed E-state index contributed by atoms with van der Waals surface area (Å²) in [5.74, 6) is 0.557. The minimum atomic E-state index is 0.557. The molecule has 0 bridgehead atoms. The summed E-state index contributed by atoms with van der Waals surface area (Å²) >= 11 is 9.72. The number of rotatable bonds is 1. The highest BCUT2D eigenvalue weighted by Gasteiger charge is 2.04. The van der Waals surface area contributed by atoms with Crippen LogP contribution in [-0.4, -0.2) is 0 Å². The van der Waals surface area contributed by atoms with Gasteiger partial charge in [-0.3, -0.25) is 0 Å². The number of hydrogen-bond donors (Lipinski definition) is 1. The van der Waals surface area contributed by atoms with E-state index >= 15 is 0 Å². The standard InChI is InChI=1S/C9H7ClINS/c10-4-5-1-6-3-8(12)13-9(6)7(11)2-5/h1-3H,4,12H2. The molecule has 2 N–H and O–H groups in total. The highest BCUT2D eigenvalue weighted by atomic mass is 127. The summed E-state index contributed by atoms with van der Waals surface area (Å²) in [5, 5.41) is 2.06. The van der Waals surface area contributed by atoms with Crippen LogP contribution in [0, 0.1) is 3.57 Å². The SMILES string of the molecule is Nc1cc2cc(CCl)cc(I)c2s1. The van der Waals surface area contributed by atoms with Crippen LogP contribution in [0.4, 0.5) is 5.00 Å². The van der Waals surface area contributed by atoms with Gasteiger partial charge in [0.2, 0.25) is 0 Å². The van der Waals surface area contributed by atoms with E-state index in [2.05, 4.69) is 34.7 Å². The average molecular weight is 324 g/mol. The second kappa shape index (κ2) is 3.63. The molecule has 0 atom stereocenters. The summed E-state index contributed by atoms with van der Waals surface area (Å²) in [6.45, 7) is 0. The number of nitrogen functional groups attached to an aromatic ring is 1. The van der Waals surface area contributed by atoms with E-state index in [-0.39, 0.29) is 0 Å². The summed E-state index contributed by atoms with van der Waals surface area (Å²) in [6, 6.07) is 6.20. The molecular formula is C9H7ClINS. The quantitative estimate of drug-likeness (QED) is 0.626. The van der Waals surface area contributed by atoms with Gasteiger partial charge in [0.05, 0.1) is 5.00 Å². The highest BCUT2D eigenvalue weighted by Crippen LogP contribution is 2.32. The van der Waals surface area contributed by atoms with Crippen LogP contribution in [-0.2, 0) is 5.88 Å². The van der Waals surface area contributed by atoms with Crippen molar-refractivity contribution < 1.29 is 0 Å². The third kappa shape index (κ3) is 1.78. The fraction of sp³-hybridized carbons (Fsp3) is 0.111. The Morgan fingerprint density at radius 2 is 2.15 bits per heavy atom. The van der Waals surface area contributed by atoms with Crippen molar-refractivity contribution in [1.82, 2.24) is 0 Å². The lowest BCUT2D eigenvalue weighted by atomic mass is 10.2. The molecule has 1 aromatic carbocycles. The fourth-order valence-corrected chi connectivity index (χ4v) is 3.28. The van der Waals surface area contributed by atoms with Crippen LogP contribution in [0.25, 0.3) is 10.1 Å². The van der Waals surface area contributed by atoms with Gasteiger partial charge in [-0.15, -0.1) is 22.9 Å². The molecule has 2 rings (SSSR count). The maximum atomic E-state index is 5.77. The molecule has 0 amide bonds. The molecule has 13 heavy (non-hydrogen) atoms. The van der Waals surface area contributed by atoms with Crippen LogP contribution in [0.15, 0.2) is 18.2 Å². The Morgan fingerprint density at radius 3 is 2.85 bits per heavy atom. The molecule has 1 heterocycles. The molecule has 0 fully saturated rings. The van der Waals surface area contributed by atoms with Crippen molar-refractivity contribution in [3.05, 3.63) is 27.3 Å². The van der Waals surface area contributed by atoms with Crippen LogP contribution in [0.3, 0.4) is 0 Å². The number of fused-ring (bicyclic) bond motifs is 1. The molecule has 0 radical (unpaired) electrons. The Hall–Kier alpha value is -0.0000000000000000833. The minimum Gasteiger partial charge on any atom is -0.391 e. The Balaban J connectivity index is 2.75. The van der Waals surface area contributed by atoms with Crippen molar-refractivity contribution in [2.75, 3.05) is 5.73 Å². The number of hydrogen-bond acceptors (Lipinski definition) is 2. The zero-order valence-electron chi connectivity index (χ0n) is 6.68. The second-order valence-corrected chi connectivity index (χ2v) is 5.29. The average Bonchev–Trinajstić information content (AvgIpc) is 2.46. The van der Waals surface area contributed by atoms with Crippen molar-refractivity contribution in [1.29, 1.82) is 0 Å². The summed E-state index contributed by atoms with van der Waals surface area (Å²) < 4.78 is 2.49. The fourth-order valence-electron chi connectivity index (χ4n) is 1.27. The lowest BCUT2D eigenvalue weighted by Gasteiger charge is -1.97. The van der Waals surface area contributed by atoms with Crippen molar-refractivity contribution in [2.45, 2.75) is 5.88 Å². The molecule has 0 saturated carbocycles. The number of thiophene rings is 1. The van der Waals surface area contributed by atoms with Crippen molar-refractivity contribution >= 4 is 60.6 Å². The first-order chi connectivity index (χ1) is 6.20. The van der Waals surface area contributed by atoms with Gasteiger partial charge >= 0.3 is 0 Å². The lowest BCUT2D eigenvalue weighted by molar-refractivity contribution is 1.42. The Bertz CT molecular complexity index is 452. The smallest absolute Gasteiger partial charge is 0.0869 e. The Morgan fingerprint density at radius 1 is 1.38 bits per heavy atom. The lowest BCUT2D eigenvalue weighted by Crippen LogP contribution is -1.79. The monoisotopic (exact) mass is 323 g/mol. The van der Waals surface area contributed by atoms with E-state index in [0.29, 0.717) is 5.88 Å². The maximum Gasteiger partial charge on any atom is 0.0869 e. The highest BCUT2D eigenvalue weighted by molar-refractivity contribution is 14.1. The zero-order valence-corrected chi connectivity index (χ0v) is 10.4. The summed E-state index contributed by atoms with van der Waals surface area (Å²) in [7, 11) is 0. The van der Waals surface area contributed by atoms with Crippen molar-refractivity contribution in [3.63, 3.8) is 0 Å². The van der Waals surface area contributed by atoms with E-state index in [1.165, 1.54) is 13.7 Å². The van der Waals surface area contributed by atoms with E-state index < -0.39 is 0 Å². The molecule has 0 spiro atoms. The first-order valence-corrected chi connectivity index (χ1v) is 6.17. The second-order valence-electron chi connectivity index (χ2n) is 2.78. The largest absolute Gasteiger partial charge is 0.391 e. The van der Waals surface area contributed by atoms with Crippen LogP contribution < -0.4 is 5.73 Å². The molecule has 1 aromatic heterocycles. The molecule has 0 aliphatic rings. The van der Waals surface area contributed by atoms with Crippen LogP contribution >= 0.6 is 45.5 Å². The summed E-state index contributed by atoms with van der Waals surface area (Å²) in [4.78, 5) is 0. The zero-order chi connectivity index (χ0) is 9.42. The molecule has 1 nitrogen and oxygen atoms in total. The van der Waals surface area contributed by atoms with Crippen molar-refractivity contribution in [2.24, 2.45) is 0 Å². The molecule has 68 valence electrons. The third-order valence-corrected chi connectivity index (χ3v) is 4.34. The van der Waals surface area contributed by atoms with Gasteiger partial charge in [0.15, 0.2) is 0 Å². The van der Waals surface area contributed by atoms with Gasteiger partial charge in [0, 0.05) is 14.2 Å². The maximum absolute atomic E-state index is 5.77.